The molecule has 0 atom stereocenters. The molecule has 0 saturated carbocycles. The molecule has 4 nitrogen and oxygen atoms in total. The molecule has 0 fully saturated rings. The van der Waals surface area contributed by atoms with Crippen LogP contribution in [0.3, 0.4) is 0 Å². The zero-order chi connectivity index (χ0) is 14.8. The number of benzene rings is 1. The number of anilines is 2. The highest BCUT2D eigenvalue weighted by molar-refractivity contribution is 6.00. The topological polar surface area (TPSA) is 75.3 Å². The van der Waals surface area contributed by atoms with Crippen molar-refractivity contribution in [3.63, 3.8) is 0 Å². The van der Waals surface area contributed by atoms with Crippen LogP contribution in [-0.4, -0.2) is 17.6 Å². The summed E-state index contributed by atoms with van der Waals surface area (Å²) in [5, 5.41) is 12.2. The molecule has 19 heavy (non-hydrogen) atoms. The van der Waals surface area contributed by atoms with E-state index in [4.69, 9.17) is 10.8 Å². The number of hydrogen-bond acceptors (Lipinski definition) is 3. The first-order valence-electron chi connectivity index (χ1n) is 6.22. The molecule has 0 aliphatic heterocycles. The Balaban J connectivity index is 3.03. The number of carboxylic acids is 1. The maximum absolute atomic E-state index is 13.3. The van der Waals surface area contributed by atoms with Crippen molar-refractivity contribution in [1.82, 2.24) is 0 Å². The summed E-state index contributed by atoms with van der Waals surface area (Å²) in [5.41, 5.74) is 5.28. The molecule has 0 bridgehead atoms. The SMILES string of the molecule is CC(C)C(C)(C)CNc1ccc(F)c(N)c1C(=O)O. The van der Waals surface area contributed by atoms with Gasteiger partial charge in [0.05, 0.1) is 11.4 Å². The van der Waals surface area contributed by atoms with Crippen LogP contribution in [0, 0.1) is 17.2 Å². The van der Waals surface area contributed by atoms with Gasteiger partial charge >= 0.3 is 5.97 Å². The van der Waals surface area contributed by atoms with Gasteiger partial charge in [-0.2, -0.15) is 0 Å². The fourth-order valence-electron chi connectivity index (χ4n) is 1.50. The lowest BCUT2D eigenvalue weighted by Crippen LogP contribution is -2.29. The summed E-state index contributed by atoms with van der Waals surface area (Å²) in [6.45, 7) is 8.93. The molecule has 0 aromatic heterocycles. The number of nitrogens with two attached hydrogens (primary N) is 1. The highest BCUT2D eigenvalue weighted by Crippen LogP contribution is 2.29. The molecule has 0 aliphatic rings. The molecule has 1 aromatic carbocycles. The lowest BCUT2D eigenvalue weighted by Gasteiger charge is -2.30. The fourth-order valence-corrected chi connectivity index (χ4v) is 1.50. The lowest BCUT2D eigenvalue weighted by atomic mass is 9.81. The van der Waals surface area contributed by atoms with Crippen molar-refractivity contribution in [2.75, 3.05) is 17.6 Å². The number of rotatable bonds is 5. The third kappa shape index (κ3) is 3.36. The van der Waals surface area contributed by atoms with Crippen LogP contribution in [0.15, 0.2) is 12.1 Å². The zero-order valence-electron chi connectivity index (χ0n) is 11.7. The van der Waals surface area contributed by atoms with Crippen molar-refractivity contribution in [3.8, 4) is 0 Å². The third-order valence-electron chi connectivity index (χ3n) is 3.70. The fraction of sp³-hybridized carbons (Fsp3) is 0.500. The molecule has 1 aromatic rings. The van der Waals surface area contributed by atoms with Crippen LogP contribution in [-0.2, 0) is 0 Å². The highest BCUT2D eigenvalue weighted by atomic mass is 19.1. The Morgan fingerprint density at radius 2 is 2.05 bits per heavy atom. The Bertz CT molecular complexity index is 485. The normalized spacial score (nSPS) is 11.7. The second-order valence-electron chi connectivity index (χ2n) is 5.69. The monoisotopic (exact) mass is 268 g/mol. The minimum atomic E-state index is -1.23. The molecule has 0 amide bonds. The summed E-state index contributed by atoms with van der Waals surface area (Å²) in [6.07, 6.45) is 0. The van der Waals surface area contributed by atoms with Crippen LogP contribution in [0.5, 0.6) is 0 Å². The molecule has 0 heterocycles. The maximum atomic E-state index is 13.3. The Morgan fingerprint density at radius 1 is 1.47 bits per heavy atom. The van der Waals surface area contributed by atoms with Gasteiger partial charge in [0.2, 0.25) is 0 Å². The van der Waals surface area contributed by atoms with Crippen LogP contribution in [0.2, 0.25) is 0 Å². The van der Waals surface area contributed by atoms with Gasteiger partial charge in [0.15, 0.2) is 0 Å². The van der Waals surface area contributed by atoms with E-state index < -0.39 is 11.8 Å². The van der Waals surface area contributed by atoms with E-state index in [1.54, 1.807) is 0 Å². The Labute approximate surface area is 112 Å². The van der Waals surface area contributed by atoms with E-state index in [1.165, 1.54) is 12.1 Å². The van der Waals surface area contributed by atoms with Gasteiger partial charge in [-0.15, -0.1) is 0 Å². The Kier molecular flexibility index (Phi) is 4.39. The molecule has 4 N–H and O–H groups in total. The van der Waals surface area contributed by atoms with Crippen LogP contribution >= 0.6 is 0 Å². The molecule has 0 saturated heterocycles. The maximum Gasteiger partial charge on any atom is 0.340 e. The minimum absolute atomic E-state index is 0.0150. The summed E-state index contributed by atoms with van der Waals surface area (Å²) in [4.78, 5) is 11.2. The van der Waals surface area contributed by atoms with E-state index in [0.29, 0.717) is 18.2 Å². The van der Waals surface area contributed by atoms with E-state index in [-0.39, 0.29) is 16.7 Å². The third-order valence-corrected chi connectivity index (χ3v) is 3.70. The largest absolute Gasteiger partial charge is 0.478 e. The van der Waals surface area contributed by atoms with E-state index in [0.717, 1.165) is 0 Å². The number of nitrogens with one attached hydrogen (secondary N) is 1. The molecule has 0 spiro atoms. The number of nitrogen functional groups attached to an aromatic ring is 1. The smallest absolute Gasteiger partial charge is 0.340 e. The summed E-state index contributed by atoms with van der Waals surface area (Å²) in [6, 6.07) is 2.58. The average Bonchev–Trinajstić information content (AvgIpc) is 2.29. The van der Waals surface area contributed by atoms with Crippen LogP contribution in [0.25, 0.3) is 0 Å². The zero-order valence-corrected chi connectivity index (χ0v) is 11.7. The van der Waals surface area contributed by atoms with Gasteiger partial charge < -0.3 is 16.2 Å². The summed E-state index contributed by atoms with van der Waals surface area (Å²) >= 11 is 0. The van der Waals surface area contributed by atoms with Crippen molar-refractivity contribution < 1.29 is 14.3 Å². The molecule has 0 unspecified atom stereocenters. The van der Waals surface area contributed by atoms with Crippen molar-refractivity contribution >= 4 is 17.3 Å². The number of hydrogen-bond donors (Lipinski definition) is 3. The number of halogens is 1. The first kappa shape index (κ1) is 15.3. The minimum Gasteiger partial charge on any atom is -0.478 e. The Morgan fingerprint density at radius 3 is 2.53 bits per heavy atom. The lowest BCUT2D eigenvalue weighted by molar-refractivity contribution is 0.0698. The predicted octanol–water partition coefficient (Wildman–Crippen LogP) is 3.20. The Hall–Kier alpha value is -1.78. The molecule has 106 valence electrons. The van der Waals surface area contributed by atoms with E-state index in [2.05, 4.69) is 33.0 Å². The van der Waals surface area contributed by atoms with Gasteiger partial charge in [-0.1, -0.05) is 27.7 Å². The van der Waals surface area contributed by atoms with Crippen molar-refractivity contribution in [2.45, 2.75) is 27.7 Å². The predicted molar refractivity (Wildman–Crippen MR) is 74.9 cm³/mol. The summed E-state index contributed by atoms with van der Waals surface area (Å²) in [7, 11) is 0. The molecule has 0 aliphatic carbocycles. The van der Waals surface area contributed by atoms with E-state index in [1.807, 2.05) is 0 Å². The second kappa shape index (κ2) is 5.47. The first-order valence-corrected chi connectivity index (χ1v) is 6.22. The molecule has 1 rings (SSSR count). The second-order valence-corrected chi connectivity index (χ2v) is 5.69. The van der Waals surface area contributed by atoms with Gasteiger partial charge in [-0.05, 0) is 23.5 Å². The summed E-state index contributed by atoms with van der Waals surface area (Å²) < 4.78 is 13.3. The van der Waals surface area contributed by atoms with Gasteiger partial charge in [-0.3, -0.25) is 0 Å². The standard InChI is InChI=1S/C14H21FN2O2/c1-8(2)14(3,4)7-17-10-6-5-9(15)12(16)11(10)13(18)19/h5-6,8,17H,7,16H2,1-4H3,(H,18,19). The average molecular weight is 268 g/mol. The van der Waals surface area contributed by atoms with Crippen molar-refractivity contribution in [1.29, 1.82) is 0 Å². The molecular formula is C14H21FN2O2. The van der Waals surface area contributed by atoms with Crippen LogP contribution in [0.1, 0.15) is 38.1 Å². The van der Waals surface area contributed by atoms with Gasteiger partial charge in [0.1, 0.15) is 11.4 Å². The molecular weight excluding hydrogens is 247 g/mol. The molecule has 5 heteroatoms. The number of aromatic carboxylic acids is 1. The quantitative estimate of drug-likeness (QED) is 0.717. The van der Waals surface area contributed by atoms with E-state index in [9.17, 15) is 9.18 Å². The summed E-state index contributed by atoms with van der Waals surface area (Å²) in [5.74, 6) is -1.53. The number of carbonyl (C=O) groups is 1. The van der Waals surface area contributed by atoms with Crippen LogP contribution < -0.4 is 11.1 Å². The first-order chi connectivity index (χ1) is 8.66. The van der Waals surface area contributed by atoms with Crippen molar-refractivity contribution in [2.24, 2.45) is 11.3 Å². The van der Waals surface area contributed by atoms with Gasteiger partial charge in [0.25, 0.3) is 0 Å². The van der Waals surface area contributed by atoms with E-state index >= 15 is 0 Å². The van der Waals surface area contributed by atoms with Gasteiger partial charge in [0, 0.05) is 6.54 Å². The van der Waals surface area contributed by atoms with Crippen LogP contribution in [0.4, 0.5) is 15.8 Å². The number of carboxylic acid groups (broad SMARTS) is 1. The highest BCUT2D eigenvalue weighted by Gasteiger charge is 2.24. The van der Waals surface area contributed by atoms with Crippen molar-refractivity contribution in [3.05, 3.63) is 23.5 Å². The van der Waals surface area contributed by atoms with Gasteiger partial charge in [-0.25, -0.2) is 9.18 Å². The molecule has 0 radical (unpaired) electrons.